The molecule has 0 saturated carbocycles. The number of likely N-dealkylation sites (tertiary alicyclic amines) is 1. The van der Waals surface area contributed by atoms with E-state index in [1.807, 2.05) is 25.1 Å². The molecule has 1 fully saturated rings. The molecule has 0 spiro atoms. The van der Waals surface area contributed by atoms with E-state index in [9.17, 15) is 14.7 Å². The van der Waals surface area contributed by atoms with E-state index in [0.717, 1.165) is 0 Å². The molecule has 1 atom stereocenters. The number of aliphatic hydroxyl groups is 1. The lowest BCUT2D eigenvalue weighted by Gasteiger charge is -2.26. The van der Waals surface area contributed by atoms with Gasteiger partial charge in [-0.05, 0) is 55.9 Å². The summed E-state index contributed by atoms with van der Waals surface area (Å²) in [5, 5.41) is 11.1. The molecule has 1 aliphatic heterocycles. The van der Waals surface area contributed by atoms with Crippen LogP contribution in [-0.4, -0.2) is 65.4 Å². The van der Waals surface area contributed by atoms with Crippen molar-refractivity contribution in [3.8, 4) is 5.75 Å². The van der Waals surface area contributed by atoms with Gasteiger partial charge in [-0.15, -0.1) is 0 Å². The number of carbonyl (C=O) groups excluding carboxylic acids is 2. The lowest BCUT2D eigenvalue weighted by Crippen LogP contribution is -2.35. The normalized spacial score (nSPS) is 18.3. The van der Waals surface area contributed by atoms with E-state index in [-0.39, 0.29) is 11.3 Å². The molecular weight excluding hydrogens is 394 g/mol. The predicted octanol–water partition coefficient (Wildman–Crippen LogP) is 3.10. The number of amides is 1. The van der Waals surface area contributed by atoms with Gasteiger partial charge < -0.3 is 19.6 Å². The zero-order chi connectivity index (χ0) is 22.5. The van der Waals surface area contributed by atoms with Crippen molar-refractivity contribution in [2.75, 3.05) is 33.8 Å². The SMILES string of the molecule is CC(C)COc1ccc(/C(O)=C2\C(=O)C(=O)N(CCN(C)C)[C@H]2c2cccnc2)cc1. The summed E-state index contributed by atoms with van der Waals surface area (Å²) in [5.41, 5.74) is 1.21. The molecule has 0 aliphatic carbocycles. The van der Waals surface area contributed by atoms with Crippen LogP contribution in [0.3, 0.4) is 0 Å². The fraction of sp³-hybridized carbons (Fsp3) is 0.375. The van der Waals surface area contributed by atoms with Crippen LogP contribution in [0.4, 0.5) is 0 Å². The lowest BCUT2D eigenvalue weighted by atomic mass is 9.96. The smallest absolute Gasteiger partial charge is 0.295 e. The molecule has 3 rings (SSSR count). The first-order valence-corrected chi connectivity index (χ1v) is 10.4. The Morgan fingerprint density at radius 3 is 2.48 bits per heavy atom. The summed E-state index contributed by atoms with van der Waals surface area (Å²) in [6.07, 6.45) is 3.25. The monoisotopic (exact) mass is 423 g/mol. The average Bonchev–Trinajstić information content (AvgIpc) is 3.01. The number of benzene rings is 1. The van der Waals surface area contributed by atoms with Crippen LogP contribution >= 0.6 is 0 Å². The van der Waals surface area contributed by atoms with E-state index in [1.54, 1.807) is 42.7 Å². The van der Waals surface area contributed by atoms with Crippen molar-refractivity contribution in [1.29, 1.82) is 0 Å². The summed E-state index contributed by atoms with van der Waals surface area (Å²) in [4.78, 5) is 33.3. The first-order valence-electron chi connectivity index (χ1n) is 10.4. The van der Waals surface area contributed by atoms with Crippen molar-refractivity contribution < 1.29 is 19.4 Å². The Bertz CT molecular complexity index is 953. The van der Waals surface area contributed by atoms with Crippen molar-refractivity contribution in [2.45, 2.75) is 19.9 Å². The Morgan fingerprint density at radius 2 is 1.90 bits per heavy atom. The Morgan fingerprint density at radius 1 is 1.19 bits per heavy atom. The first kappa shape index (κ1) is 22.5. The standard InChI is InChI=1S/C24H29N3O4/c1-16(2)15-31-19-9-7-17(8-10-19)22(28)20-21(18-6-5-11-25-14-18)27(13-12-26(3)4)24(30)23(20)29/h5-11,14,16,21,28H,12-13,15H2,1-4H3/b22-20+/t21-/m0/s1. The van der Waals surface area contributed by atoms with Gasteiger partial charge in [0.25, 0.3) is 11.7 Å². The molecule has 1 amide bonds. The Hall–Kier alpha value is -3.19. The molecule has 1 N–H and O–H groups in total. The number of ether oxygens (including phenoxy) is 1. The van der Waals surface area contributed by atoms with Gasteiger partial charge in [-0.1, -0.05) is 19.9 Å². The molecule has 2 heterocycles. The maximum absolute atomic E-state index is 12.9. The largest absolute Gasteiger partial charge is 0.507 e. The van der Waals surface area contributed by atoms with Crippen molar-refractivity contribution in [1.82, 2.24) is 14.8 Å². The van der Waals surface area contributed by atoms with Gasteiger partial charge in [0.05, 0.1) is 18.2 Å². The summed E-state index contributed by atoms with van der Waals surface area (Å²) < 4.78 is 5.69. The van der Waals surface area contributed by atoms with Crippen LogP contribution in [0, 0.1) is 5.92 Å². The van der Waals surface area contributed by atoms with Crippen LogP contribution in [0.5, 0.6) is 5.75 Å². The van der Waals surface area contributed by atoms with Gasteiger partial charge in [0, 0.05) is 31.0 Å². The van der Waals surface area contributed by atoms with E-state index in [0.29, 0.717) is 42.5 Å². The number of carbonyl (C=O) groups is 2. The highest BCUT2D eigenvalue weighted by atomic mass is 16.5. The molecule has 7 nitrogen and oxygen atoms in total. The quantitative estimate of drug-likeness (QED) is 0.399. The van der Waals surface area contributed by atoms with Gasteiger partial charge in [-0.2, -0.15) is 0 Å². The molecule has 2 aromatic rings. The molecule has 0 bridgehead atoms. The maximum atomic E-state index is 12.9. The van der Waals surface area contributed by atoms with Crippen molar-refractivity contribution in [2.24, 2.45) is 5.92 Å². The molecule has 31 heavy (non-hydrogen) atoms. The van der Waals surface area contributed by atoms with Gasteiger partial charge in [0.1, 0.15) is 11.5 Å². The van der Waals surface area contributed by atoms with Crippen LogP contribution in [0.2, 0.25) is 0 Å². The molecule has 1 aromatic carbocycles. The number of aromatic nitrogens is 1. The zero-order valence-electron chi connectivity index (χ0n) is 18.4. The fourth-order valence-corrected chi connectivity index (χ4v) is 3.43. The molecule has 1 aliphatic rings. The summed E-state index contributed by atoms with van der Waals surface area (Å²) >= 11 is 0. The van der Waals surface area contributed by atoms with Crippen molar-refractivity contribution in [3.05, 3.63) is 65.5 Å². The van der Waals surface area contributed by atoms with E-state index >= 15 is 0 Å². The Labute approximate surface area is 183 Å². The predicted molar refractivity (Wildman–Crippen MR) is 119 cm³/mol. The van der Waals surface area contributed by atoms with E-state index < -0.39 is 17.7 Å². The minimum atomic E-state index is -0.690. The van der Waals surface area contributed by atoms with Crippen LogP contribution in [0.15, 0.2) is 54.4 Å². The number of aliphatic hydroxyl groups excluding tert-OH is 1. The van der Waals surface area contributed by atoms with Crippen molar-refractivity contribution >= 4 is 17.4 Å². The molecule has 7 heteroatoms. The topological polar surface area (TPSA) is 83.0 Å². The van der Waals surface area contributed by atoms with E-state index in [4.69, 9.17) is 4.74 Å². The fourth-order valence-electron chi connectivity index (χ4n) is 3.43. The number of ketones is 1. The lowest BCUT2D eigenvalue weighted by molar-refractivity contribution is -0.140. The summed E-state index contributed by atoms with van der Waals surface area (Å²) in [6.45, 7) is 5.66. The zero-order valence-corrected chi connectivity index (χ0v) is 18.4. The van der Waals surface area contributed by atoms with Crippen molar-refractivity contribution in [3.63, 3.8) is 0 Å². The maximum Gasteiger partial charge on any atom is 0.295 e. The molecular formula is C24H29N3O4. The minimum absolute atomic E-state index is 0.0765. The van der Waals surface area contributed by atoms with Crippen LogP contribution in [-0.2, 0) is 9.59 Å². The molecule has 164 valence electrons. The Kier molecular flexibility index (Phi) is 7.07. The molecule has 0 unspecified atom stereocenters. The third-order valence-electron chi connectivity index (χ3n) is 5.04. The van der Waals surface area contributed by atoms with Gasteiger partial charge in [0.2, 0.25) is 0 Å². The van der Waals surface area contributed by atoms with Gasteiger partial charge in [-0.3, -0.25) is 14.6 Å². The number of hydrogen-bond acceptors (Lipinski definition) is 6. The summed E-state index contributed by atoms with van der Waals surface area (Å²) in [5.74, 6) is -0.430. The second kappa shape index (κ2) is 9.75. The number of pyridine rings is 1. The van der Waals surface area contributed by atoms with Gasteiger partial charge >= 0.3 is 0 Å². The molecule has 0 radical (unpaired) electrons. The number of hydrogen-bond donors (Lipinski definition) is 1. The van der Waals surface area contributed by atoms with E-state index in [2.05, 4.69) is 18.8 Å². The minimum Gasteiger partial charge on any atom is -0.507 e. The number of likely N-dealkylation sites (N-methyl/N-ethyl adjacent to an activating group) is 1. The second-order valence-corrected chi connectivity index (χ2v) is 8.31. The van der Waals surface area contributed by atoms with Gasteiger partial charge in [-0.25, -0.2) is 0 Å². The average molecular weight is 424 g/mol. The van der Waals surface area contributed by atoms with Gasteiger partial charge in [0.15, 0.2) is 0 Å². The summed E-state index contributed by atoms with van der Waals surface area (Å²) in [6, 6.07) is 9.75. The highest BCUT2D eigenvalue weighted by Gasteiger charge is 2.45. The third-order valence-corrected chi connectivity index (χ3v) is 5.04. The number of rotatable bonds is 8. The second-order valence-electron chi connectivity index (χ2n) is 8.31. The molecule has 1 aromatic heterocycles. The van der Waals surface area contributed by atoms with Crippen LogP contribution in [0.25, 0.3) is 5.76 Å². The first-order chi connectivity index (χ1) is 14.8. The van der Waals surface area contributed by atoms with Crippen LogP contribution < -0.4 is 4.74 Å². The number of Topliss-reactive ketones (excluding diaryl/α,β-unsaturated/α-hetero) is 1. The summed E-state index contributed by atoms with van der Waals surface area (Å²) in [7, 11) is 3.80. The highest BCUT2D eigenvalue weighted by Crippen LogP contribution is 2.39. The molecule has 1 saturated heterocycles. The Balaban J connectivity index is 2.00. The highest BCUT2D eigenvalue weighted by molar-refractivity contribution is 6.46. The van der Waals surface area contributed by atoms with Crippen LogP contribution in [0.1, 0.15) is 31.0 Å². The third kappa shape index (κ3) is 5.11. The number of nitrogens with zero attached hydrogens (tertiary/aromatic N) is 3. The van der Waals surface area contributed by atoms with E-state index in [1.165, 1.54) is 4.90 Å².